The minimum Gasteiger partial charge on any atom is -0.486 e. The molecular weight excluding hydrogens is 217 g/mol. The standard InChI is InChI=1S/C14H20FNO/c1-10-7-8-11(15)14(9-10)17-13-6-4-3-5-12(13)16-2/h7-9,12-13,16H,3-6H2,1-2H3. The molecule has 3 heteroatoms. The number of halogens is 1. The molecule has 0 spiro atoms. The van der Waals surface area contributed by atoms with Gasteiger partial charge in [-0.25, -0.2) is 4.39 Å². The van der Waals surface area contributed by atoms with Crippen LogP contribution in [-0.4, -0.2) is 19.2 Å². The van der Waals surface area contributed by atoms with Gasteiger partial charge in [0.15, 0.2) is 11.6 Å². The second kappa shape index (κ2) is 5.50. The van der Waals surface area contributed by atoms with Crippen LogP contribution in [0.3, 0.4) is 0 Å². The summed E-state index contributed by atoms with van der Waals surface area (Å²) in [7, 11) is 1.94. The highest BCUT2D eigenvalue weighted by Crippen LogP contribution is 2.26. The molecule has 1 aliphatic carbocycles. The lowest BCUT2D eigenvalue weighted by molar-refractivity contribution is 0.113. The highest BCUT2D eigenvalue weighted by atomic mass is 19.1. The summed E-state index contributed by atoms with van der Waals surface area (Å²) < 4.78 is 19.4. The van der Waals surface area contributed by atoms with E-state index in [1.54, 1.807) is 12.1 Å². The molecule has 1 N–H and O–H groups in total. The van der Waals surface area contributed by atoms with E-state index in [0.29, 0.717) is 11.8 Å². The Morgan fingerprint density at radius 3 is 2.82 bits per heavy atom. The maximum Gasteiger partial charge on any atom is 0.165 e. The SMILES string of the molecule is CNC1CCCCC1Oc1cc(C)ccc1F. The Kier molecular flexibility index (Phi) is 4.00. The molecule has 17 heavy (non-hydrogen) atoms. The fraction of sp³-hybridized carbons (Fsp3) is 0.571. The van der Waals surface area contributed by atoms with Crippen LogP contribution in [0.1, 0.15) is 31.2 Å². The second-order valence-electron chi connectivity index (χ2n) is 4.77. The van der Waals surface area contributed by atoms with Crippen molar-refractivity contribution in [3.8, 4) is 5.75 Å². The Morgan fingerprint density at radius 1 is 1.29 bits per heavy atom. The first kappa shape index (κ1) is 12.4. The molecule has 0 heterocycles. The molecule has 0 amide bonds. The Bertz CT molecular complexity index is 380. The Hall–Kier alpha value is -1.09. The molecule has 2 unspecified atom stereocenters. The van der Waals surface area contributed by atoms with Crippen LogP contribution in [0.25, 0.3) is 0 Å². The normalized spacial score (nSPS) is 24.6. The maximum absolute atomic E-state index is 13.6. The summed E-state index contributed by atoms with van der Waals surface area (Å²) >= 11 is 0. The lowest BCUT2D eigenvalue weighted by Crippen LogP contribution is -2.43. The first-order valence-corrected chi connectivity index (χ1v) is 6.31. The number of hydrogen-bond donors (Lipinski definition) is 1. The van der Waals surface area contributed by atoms with Gasteiger partial charge in [0.25, 0.3) is 0 Å². The minimum absolute atomic E-state index is 0.0880. The van der Waals surface area contributed by atoms with Crippen molar-refractivity contribution < 1.29 is 9.13 Å². The van der Waals surface area contributed by atoms with Gasteiger partial charge in [0, 0.05) is 6.04 Å². The quantitative estimate of drug-likeness (QED) is 0.872. The maximum atomic E-state index is 13.6. The number of ether oxygens (including phenoxy) is 1. The molecule has 1 fully saturated rings. The number of nitrogens with one attached hydrogen (secondary N) is 1. The average molecular weight is 237 g/mol. The zero-order chi connectivity index (χ0) is 12.3. The molecule has 1 aromatic rings. The number of rotatable bonds is 3. The summed E-state index contributed by atoms with van der Waals surface area (Å²) in [6.45, 7) is 1.95. The molecule has 2 nitrogen and oxygen atoms in total. The van der Waals surface area contributed by atoms with Gasteiger partial charge in [0.05, 0.1) is 0 Å². The molecule has 0 saturated heterocycles. The smallest absolute Gasteiger partial charge is 0.165 e. The van der Waals surface area contributed by atoms with Crippen molar-refractivity contribution in [2.24, 2.45) is 0 Å². The first-order chi connectivity index (χ1) is 8.20. The number of hydrogen-bond acceptors (Lipinski definition) is 2. The summed E-state index contributed by atoms with van der Waals surface area (Å²) in [4.78, 5) is 0. The third-order valence-corrected chi connectivity index (χ3v) is 3.44. The van der Waals surface area contributed by atoms with E-state index in [1.807, 2.05) is 14.0 Å². The minimum atomic E-state index is -0.268. The summed E-state index contributed by atoms with van der Waals surface area (Å²) in [5.41, 5.74) is 1.03. The number of benzene rings is 1. The van der Waals surface area contributed by atoms with Crippen molar-refractivity contribution in [3.63, 3.8) is 0 Å². The van der Waals surface area contributed by atoms with Gasteiger partial charge in [-0.2, -0.15) is 0 Å². The van der Waals surface area contributed by atoms with E-state index in [2.05, 4.69) is 5.32 Å². The van der Waals surface area contributed by atoms with E-state index in [0.717, 1.165) is 24.8 Å². The fourth-order valence-electron chi connectivity index (χ4n) is 2.43. The van der Waals surface area contributed by atoms with E-state index < -0.39 is 0 Å². The molecule has 94 valence electrons. The van der Waals surface area contributed by atoms with Crippen LogP contribution >= 0.6 is 0 Å². The Balaban J connectivity index is 2.10. The van der Waals surface area contributed by atoms with Crippen LogP contribution in [0.15, 0.2) is 18.2 Å². The predicted molar refractivity (Wildman–Crippen MR) is 66.9 cm³/mol. The van der Waals surface area contributed by atoms with Crippen LogP contribution in [0.4, 0.5) is 4.39 Å². The van der Waals surface area contributed by atoms with E-state index in [4.69, 9.17) is 4.74 Å². The average Bonchev–Trinajstić information content (AvgIpc) is 2.34. The zero-order valence-corrected chi connectivity index (χ0v) is 10.5. The van der Waals surface area contributed by atoms with Gasteiger partial charge in [0.2, 0.25) is 0 Å². The molecule has 0 aromatic heterocycles. The second-order valence-corrected chi connectivity index (χ2v) is 4.77. The third-order valence-electron chi connectivity index (χ3n) is 3.44. The molecule has 2 atom stereocenters. The summed E-state index contributed by atoms with van der Waals surface area (Å²) in [5.74, 6) is 0.119. The van der Waals surface area contributed by atoms with Crippen molar-refractivity contribution in [2.45, 2.75) is 44.8 Å². The van der Waals surface area contributed by atoms with Crippen molar-refractivity contribution in [1.82, 2.24) is 5.32 Å². The highest BCUT2D eigenvalue weighted by Gasteiger charge is 2.26. The Morgan fingerprint density at radius 2 is 2.06 bits per heavy atom. The molecule has 2 rings (SSSR count). The summed E-state index contributed by atoms with van der Waals surface area (Å²) in [6, 6.07) is 5.35. The van der Waals surface area contributed by atoms with Gasteiger partial charge >= 0.3 is 0 Å². The third kappa shape index (κ3) is 2.97. The van der Waals surface area contributed by atoms with Gasteiger partial charge in [-0.05, 0) is 50.9 Å². The molecule has 1 aliphatic rings. The van der Waals surface area contributed by atoms with Crippen LogP contribution in [0.5, 0.6) is 5.75 Å². The Labute approximate surface area is 102 Å². The summed E-state index contributed by atoms with van der Waals surface area (Å²) in [6.07, 6.45) is 4.58. The number of likely N-dealkylation sites (N-methyl/N-ethyl adjacent to an activating group) is 1. The largest absolute Gasteiger partial charge is 0.486 e. The van der Waals surface area contributed by atoms with E-state index >= 15 is 0 Å². The molecule has 1 saturated carbocycles. The molecular formula is C14H20FNO. The number of aryl methyl sites for hydroxylation is 1. The van der Waals surface area contributed by atoms with Crippen LogP contribution in [0, 0.1) is 12.7 Å². The van der Waals surface area contributed by atoms with E-state index in [-0.39, 0.29) is 11.9 Å². The van der Waals surface area contributed by atoms with Gasteiger partial charge in [-0.3, -0.25) is 0 Å². The predicted octanol–water partition coefficient (Wildman–Crippen LogP) is 3.04. The van der Waals surface area contributed by atoms with Gasteiger partial charge in [-0.1, -0.05) is 12.5 Å². The van der Waals surface area contributed by atoms with Crippen molar-refractivity contribution in [3.05, 3.63) is 29.6 Å². The van der Waals surface area contributed by atoms with Gasteiger partial charge in [0.1, 0.15) is 6.10 Å². The van der Waals surface area contributed by atoms with E-state index in [1.165, 1.54) is 12.5 Å². The zero-order valence-electron chi connectivity index (χ0n) is 10.5. The fourth-order valence-corrected chi connectivity index (χ4v) is 2.43. The van der Waals surface area contributed by atoms with Crippen LogP contribution < -0.4 is 10.1 Å². The molecule has 0 aliphatic heterocycles. The topological polar surface area (TPSA) is 21.3 Å². The lowest BCUT2D eigenvalue weighted by atomic mass is 9.92. The van der Waals surface area contributed by atoms with Crippen LogP contribution in [-0.2, 0) is 0 Å². The highest BCUT2D eigenvalue weighted by molar-refractivity contribution is 5.29. The van der Waals surface area contributed by atoms with E-state index in [9.17, 15) is 4.39 Å². The van der Waals surface area contributed by atoms with Crippen molar-refractivity contribution in [2.75, 3.05) is 7.05 Å². The lowest BCUT2D eigenvalue weighted by Gasteiger charge is -2.31. The van der Waals surface area contributed by atoms with Crippen LogP contribution in [0.2, 0.25) is 0 Å². The van der Waals surface area contributed by atoms with Crippen molar-refractivity contribution >= 4 is 0 Å². The first-order valence-electron chi connectivity index (χ1n) is 6.31. The van der Waals surface area contributed by atoms with Gasteiger partial charge < -0.3 is 10.1 Å². The summed E-state index contributed by atoms with van der Waals surface area (Å²) in [5, 5.41) is 3.26. The molecule has 1 aromatic carbocycles. The van der Waals surface area contributed by atoms with Crippen molar-refractivity contribution in [1.29, 1.82) is 0 Å². The molecule has 0 radical (unpaired) electrons. The van der Waals surface area contributed by atoms with Gasteiger partial charge in [-0.15, -0.1) is 0 Å². The monoisotopic (exact) mass is 237 g/mol. The molecule has 0 bridgehead atoms.